The van der Waals surface area contributed by atoms with Gasteiger partial charge in [0.25, 0.3) is 0 Å². The highest BCUT2D eigenvalue weighted by atomic mass is 19.1. The second kappa shape index (κ2) is 5.34. The van der Waals surface area contributed by atoms with E-state index in [1.165, 1.54) is 6.07 Å². The zero-order valence-electron chi connectivity index (χ0n) is 10.2. The molecule has 0 radical (unpaired) electrons. The summed E-state index contributed by atoms with van der Waals surface area (Å²) >= 11 is 0. The molecule has 1 aliphatic heterocycles. The molecular formula is C13H15FN2O2. The summed E-state index contributed by atoms with van der Waals surface area (Å²) < 4.78 is 24.4. The molecule has 5 heteroatoms. The first-order valence-corrected chi connectivity index (χ1v) is 5.84. The van der Waals surface area contributed by atoms with E-state index in [0.29, 0.717) is 37.4 Å². The van der Waals surface area contributed by atoms with Gasteiger partial charge >= 0.3 is 0 Å². The number of anilines is 1. The summed E-state index contributed by atoms with van der Waals surface area (Å²) in [5.41, 5.74) is 0.697. The quantitative estimate of drug-likeness (QED) is 0.890. The molecular weight excluding hydrogens is 235 g/mol. The highest BCUT2D eigenvalue weighted by Crippen LogP contribution is 2.23. The molecule has 1 aromatic carbocycles. The third kappa shape index (κ3) is 2.97. The van der Waals surface area contributed by atoms with Gasteiger partial charge in [0.15, 0.2) is 5.79 Å². The lowest BCUT2D eigenvalue weighted by molar-refractivity contribution is -0.144. The van der Waals surface area contributed by atoms with Gasteiger partial charge in [-0.05, 0) is 25.1 Å². The summed E-state index contributed by atoms with van der Waals surface area (Å²) in [6.07, 6.45) is 0.631. The van der Waals surface area contributed by atoms with Crippen molar-refractivity contribution in [2.24, 2.45) is 0 Å². The van der Waals surface area contributed by atoms with Crippen LogP contribution in [0.1, 0.15) is 18.9 Å². The van der Waals surface area contributed by atoms with Gasteiger partial charge in [0.1, 0.15) is 5.82 Å². The molecule has 4 nitrogen and oxygen atoms in total. The standard InChI is InChI=1S/C13H15FN2O2/c1-13(17-6-7-18-13)4-5-16-12-3-2-10(9-15)8-11(12)14/h2-3,8,16H,4-7H2,1H3. The number of nitrogens with zero attached hydrogens (tertiary/aromatic N) is 1. The van der Waals surface area contributed by atoms with E-state index in [0.717, 1.165) is 0 Å². The van der Waals surface area contributed by atoms with E-state index in [-0.39, 0.29) is 0 Å². The van der Waals surface area contributed by atoms with Crippen LogP contribution >= 0.6 is 0 Å². The van der Waals surface area contributed by atoms with Crippen molar-refractivity contribution >= 4 is 5.69 Å². The molecule has 1 heterocycles. The summed E-state index contributed by atoms with van der Waals surface area (Å²) in [7, 11) is 0. The number of nitriles is 1. The topological polar surface area (TPSA) is 54.3 Å². The van der Waals surface area contributed by atoms with Crippen LogP contribution in [0.25, 0.3) is 0 Å². The van der Waals surface area contributed by atoms with Gasteiger partial charge < -0.3 is 14.8 Å². The molecule has 18 heavy (non-hydrogen) atoms. The van der Waals surface area contributed by atoms with Crippen LogP contribution in [-0.2, 0) is 9.47 Å². The first kappa shape index (κ1) is 12.8. The number of hydrogen-bond acceptors (Lipinski definition) is 4. The molecule has 1 N–H and O–H groups in total. The third-order valence-corrected chi connectivity index (χ3v) is 2.89. The SMILES string of the molecule is CC1(CCNc2ccc(C#N)cc2F)OCCO1. The van der Waals surface area contributed by atoms with Crippen LogP contribution in [0.4, 0.5) is 10.1 Å². The molecule has 0 aliphatic carbocycles. The van der Waals surface area contributed by atoms with E-state index in [4.69, 9.17) is 14.7 Å². The zero-order chi connectivity index (χ0) is 13.0. The number of halogens is 1. The van der Waals surface area contributed by atoms with E-state index in [9.17, 15) is 4.39 Å². The molecule has 2 rings (SSSR count). The van der Waals surface area contributed by atoms with E-state index >= 15 is 0 Å². The van der Waals surface area contributed by atoms with Gasteiger partial charge in [0.2, 0.25) is 0 Å². The highest BCUT2D eigenvalue weighted by Gasteiger charge is 2.30. The molecule has 96 valence electrons. The Labute approximate surface area is 105 Å². The first-order chi connectivity index (χ1) is 8.63. The average Bonchev–Trinajstić information content (AvgIpc) is 2.78. The van der Waals surface area contributed by atoms with Crippen molar-refractivity contribution in [3.63, 3.8) is 0 Å². The van der Waals surface area contributed by atoms with Crippen LogP contribution in [0.2, 0.25) is 0 Å². The number of rotatable bonds is 4. The predicted molar refractivity (Wildman–Crippen MR) is 64.5 cm³/mol. The van der Waals surface area contributed by atoms with Gasteiger partial charge in [-0.3, -0.25) is 0 Å². The fourth-order valence-corrected chi connectivity index (χ4v) is 1.85. The fourth-order valence-electron chi connectivity index (χ4n) is 1.85. The van der Waals surface area contributed by atoms with Crippen molar-refractivity contribution in [3.05, 3.63) is 29.6 Å². The summed E-state index contributed by atoms with van der Waals surface area (Å²) in [5.74, 6) is -0.997. The summed E-state index contributed by atoms with van der Waals surface area (Å²) in [4.78, 5) is 0. The number of benzene rings is 1. The fraction of sp³-hybridized carbons (Fsp3) is 0.462. The Balaban J connectivity index is 1.89. The molecule has 1 saturated heterocycles. The number of ether oxygens (including phenoxy) is 2. The molecule has 1 fully saturated rings. The molecule has 0 spiro atoms. The van der Waals surface area contributed by atoms with Gasteiger partial charge in [-0.1, -0.05) is 0 Å². The van der Waals surface area contributed by atoms with Crippen LogP contribution in [0.3, 0.4) is 0 Å². The first-order valence-electron chi connectivity index (χ1n) is 5.84. The second-order valence-corrected chi connectivity index (χ2v) is 4.31. The molecule has 0 atom stereocenters. The maximum absolute atomic E-state index is 13.6. The van der Waals surface area contributed by atoms with E-state index in [2.05, 4.69) is 5.32 Å². The monoisotopic (exact) mass is 250 g/mol. The average molecular weight is 250 g/mol. The van der Waals surface area contributed by atoms with E-state index in [1.54, 1.807) is 12.1 Å². The molecule has 0 amide bonds. The maximum Gasteiger partial charge on any atom is 0.167 e. The van der Waals surface area contributed by atoms with Crippen molar-refractivity contribution < 1.29 is 13.9 Å². The normalized spacial score (nSPS) is 17.4. The molecule has 0 aromatic heterocycles. The second-order valence-electron chi connectivity index (χ2n) is 4.31. The minimum absolute atomic E-state index is 0.312. The Kier molecular flexibility index (Phi) is 3.80. The molecule has 0 bridgehead atoms. The van der Waals surface area contributed by atoms with Crippen LogP contribution in [0.15, 0.2) is 18.2 Å². The maximum atomic E-state index is 13.6. The third-order valence-electron chi connectivity index (χ3n) is 2.89. The number of nitrogens with one attached hydrogen (secondary N) is 1. The minimum atomic E-state index is -0.573. The Morgan fingerprint density at radius 1 is 1.44 bits per heavy atom. The predicted octanol–water partition coefficient (Wildman–Crippen LogP) is 2.26. The van der Waals surface area contributed by atoms with E-state index in [1.807, 2.05) is 13.0 Å². The van der Waals surface area contributed by atoms with Crippen molar-refractivity contribution in [2.75, 3.05) is 25.1 Å². The molecule has 1 aromatic rings. The Morgan fingerprint density at radius 3 is 2.78 bits per heavy atom. The Bertz CT molecular complexity index is 465. The Morgan fingerprint density at radius 2 is 2.17 bits per heavy atom. The van der Waals surface area contributed by atoms with Crippen molar-refractivity contribution in [1.82, 2.24) is 0 Å². The van der Waals surface area contributed by atoms with Crippen molar-refractivity contribution in [3.8, 4) is 6.07 Å². The molecule has 0 unspecified atom stereocenters. The van der Waals surface area contributed by atoms with Crippen molar-refractivity contribution in [1.29, 1.82) is 5.26 Å². The van der Waals surface area contributed by atoms with E-state index < -0.39 is 11.6 Å². The summed E-state index contributed by atoms with van der Waals surface area (Å²) in [5, 5.41) is 11.6. The summed E-state index contributed by atoms with van der Waals surface area (Å²) in [6.45, 7) is 3.61. The van der Waals surface area contributed by atoms with Gasteiger partial charge in [-0.15, -0.1) is 0 Å². The van der Waals surface area contributed by atoms with Gasteiger partial charge in [0.05, 0.1) is 30.5 Å². The largest absolute Gasteiger partial charge is 0.382 e. The van der Waals surface area contributed by atoms with Crippen LogP contribution < -0.4 is 5.32 Å². The van der Waals surface area contributed by atoms with Crippen LogP contribution in [0.5, 0.6) is 0 Å². The Hall–Kier alpha value is -1.64. The smallest absolute Gasteiger partial charge is 0.167 e. The van der Waals surface area contributed by atoms with Gasteiger partial charge in [0, 0.05) is 13.0 Å². The van der Waals surface area contributed by atoms with Gasteiger partial charge in [-0.25, -0.2) is 4.39 Å². The lowest BCUT2D eigenvalue weighted by Gasteiger charge is -2.22. The lowest BCUT2D eigenvalue weighted by atomic mass is 10.2. The molecule has 0 saturated carbocycles. The van der Waals surface area contributed by atoms with Crippen LogP contribution in [0, 0.1) is 17.1 Å². The molecule has 1 aliphatic rings. The van der Waals surface area contributed by atoms with Crippen LogP contribution in [-0.4, -0.2) is 25.5 Å². The number of hydrogen-bond donors (Lipinski definition) is 1. The lowest BCUT2D eigenvalue weighted by Crippen LogP contribution is -2.28. The summed E-state index contributed by atoms with van der Waals surface area (Å²) in [6, 6.07) is 6.25. The zero-order valence-corrected chi connectivity index (χ0v) is 10.2. The van der Waals surface area contributed by atoms with Gasteiger partial charge in [-0.2, -0.15) is 5.26 Å². The minimum Gasteiger partial charge on any atom is -0.382 e. The highest BCUT2D eigenvalue weighted by molar-refractivity contribution is 5.48. The van der Waals surface area contributed by atoms with Crippen molar-refractivity contribution in [2.45, 2.75) is 19.1 Å².